The monoisotopic (exact) mass is 353 g/mol. The van der Waals surface area contributed by atoms with Crippen molar-refractivity contribution in [2.45, 2.75) is 56.5 Å². The Hall–Kier alpha value is -1.44. The lowest BCUT2D eigenvalue weighted by atomic mass is 10.1. The van der Waals surface area contributed by atoms with E-state index < -0.39 is 10.0 Å². The van der Waals surface area contributed by atoms with Crippen molar-refractivity contribution in [2.75, 3.05) is 13.6 Å². The molecule has 1 amide bonds. The van der Waals surface area contributed by atoms with E-state index in [9.17, 15) is 13.2 Å². The van der Waals surface area contributed by atoms with E-state index in [1.54, 1.807) is 26.1 Å². The van der Waals surface area contributed by atoms with Gasteiger partial charge in [0.05, 0.1) is 4.90 Å². The molecule has 1 atom stereocenters. The summed E-state index contributed by atoms with van der Waals surface area (Å²) in [7, 11) is -1.96. The number of likely N-dealkylation sites (N-methyl/N-ethyl adjacent to an activating group) is 1. The molecule has 0 heterocycles. The molecule has 0 aromatic heterocycles. The van der Waals surface area contributed by atoms with Crippen LogP contribution in [0, 0.1) is 6.92 Å². The number of nitrogens with one attached hydrogen (secondary N) is 1. The van der Waals surface area contributed by atoms with Gasteiger partial charge >= 0.3 is 0 Å². The zero-order chi connectivity index (χ0) is 17.9. The second kappa shape index (κ2) is 7.63. The Morgan fingerprint density at radius 2 is 2.00 bits per heavy atom. The van der Waals surface area contributed by atoms with Gasteiger partial charge < -0.3 is 10.6 Å². The van der Waals surface area contributed by atoms with E-state index in [1.165, 1.54) is 11.0 Å². The molecule has 0 saturated heterocycles. The van der Waals surface area contributed by atoms with Gasteiger partial charge in [0.15, 0.2) is 0 Å². The standard InChI is InChI=1S/C17H27N3O3S/c1-12-8-9-14(17(21)20(3)13(2)11-18)10-16(12)24(22,23)19-15-6-4-5-7-15/h8-10,13,15,19H,4-7,11,18H2,1-3H3. The van der Waals surface area contributed by atoms with E-state index in [1.807, 2.05) is 6.92 Å². The lowest BCUT2D eigenvalue weighted by molar-refractivity contribution is 0.0748. The fourth-order valence-electron chi connectivity index (χ4n) is 2.91. The fourth-order valence-corrected chi connectivity index (χ4v) is 4.49. The van der Waals surface area contributed by atoms with Crippen molar-refractivity contribution in [3.8, 4) is 0 Å². The summed E-state index contributed by atoms with van der Waals surface area (Å²) in [5.74, 6) is -0.231. The molecular formula is C17H27N3O3S. The topological polar surface area (TPSA) is 92.5 Å². The molecule has 0 aliphatic heterocycles. The SMILES string of the molecule is Cc1ccc(C(=O)N(C)C(C)CN)cc1S(=O)(=O)NC1CCCC1. The predicted molar refractivity (Wildman–Crippen MR) is 94.4 cm³/mol. The molecular weight excluding hydrogens is 326 g/mol. The molecule has 0 radical (unpaired) electrons. The van der Waals surface area contributed by atoms with Crippen molar-refractivity contribution in [3.05, 3.63) is 29.3 Å². The van der Waals surface area contributed by atoms with Gasteiger partial charge in [-0.2, -0.15) is 0 Å². The summed E-state index contributed by atoms with van der Waals surface area (Å²) in [4.78, 5) is 14.2. The van der Waals surface area contributed by atoms with Gasteiger partial charge in [0.1, 0.15) is 0 Å². The molecule has 2 rings (SSSR count). The van der Waals surface area contributed by atoms with Crippen molar-refractivity contribution >= 4 is 15.9 Å². The molecule has 1 fully saturated rings. The first-order valence-corrected chi connectivity index (χ1v) is 9.84. The van der Waals surface area contributed by atoms with Gasteiger partial charge in [0.2, 0.25) is 10.0 Å². The molecule has 3 N–H and O–H groups in total. The van der Waals surface area contributed by atoms with Crippen LogP contribution in [0.5, 0.6) is 0 Å². The Labute approximate surface area is 144 Å². The van der Waals surface area contributed by atoms with Gasteiger partial charge in [-0.15, -0.1) is 0 Å². The summed E-state index contributed by atoms with van der Waals surface area (Å²) in [5.41, 5.74) is 6.59. The summed E-state index contributed by atoms with van der Waals surface area (Å²) in [5, 5.41) is 0. The average Bonchev–Trinajstić information content (AvgIpc) is 3.05. The van der Waals surface area contributed by atoms with Crippen molar-refractivity contribution in [1.82, 2.24) is 9.62 Å². The van der Waals surface area contributed by atoms with E-state index in [0.717, 1.165) is 25.7 Å². The van der Waals surface area contributed by atoms with Gasteiger partial charge in [-0.1, -0.05) is 18.9 Å². The van der Waals surface area contributed by atoms with Crippen LogP contribution < -0.4 is 10.5 Å². The van der Waals surface area contributed by atoms with Gasteiger partial charge in [-0.3, -0.25) is 4.79 Å². The van der Waals surface area contributed by atoms with E-state index >= 15 is 0 Å². The minimum atomic E-state index is -3.63. The first-order valence-electron chi connectivity index (χ1n) is 8.36. The van der Waals surface area contributed by atoms with Gasteiger partial charge in [0, 0.05) is 31.2 Å². The molecule has 134 valence electrons. The Morgan fingerprint density at radius 1 is 1.38 bits per heavy atom. The highest BCUT2D eigenvalue weighted by Gasteiger charge is 2.26. The third-order valence-electron chi connectivity index (χ3n) is 4.72. The predicted octanol–water partition coefficient (Wildman–Crippen LogP) is 1.64. The minimum absolute atomic E-state index is 0.00584. The van der Waals surface area contributed by atoms with Gasteiger partial charge in [-0.25, -0.2) is 13.1 Å². The Bertz CT molecular complexity index is 697. The van der Waals surface area contributed by atoms with Crippen molar-refractivity contribution < 1.29 is 13.2 Å². The quantitative estimate of drug-likeness (QED) is 0.813. The number of carbonyl (C=O) groups is 1. The number of hydrogen-bond donors (Lipinski definition) is 2. The smallest absolute Gasteiger partial charge is 0.253 e. The lowest BCUT2D eigenvalue weighted by Crippen LogP contribution is -2.40. The van der Waals surface area contributed by atoms with Crippen molar-refractivity contribution in [3.63, 3.8) is 0 Å². The zero-order valence-electron chi connectivity index (χ0n) is 14.6. The molecule has 0 spiro atoms. The maximum Gasteiger partial charge on any atom is 0.253 e. The van der Waals surface area contributed by atoms with E-state index in [0.29, 0.717) is 17.7 Å². The maximum atomic E-state index is 12.7. The number of amides is 1. The molecule has 1 saturated carbocycles. The molecule has 1 aliphatic rings. The van der Waals surface area contributed by atoms with Crippen LogP contribution >= 0.6 is 0 Å². The third kappa shape index (κ3) is 4.15. The molecule has 1 aromatic carbocycles. The summed E-state index contributed by atoms with van der Waals surface area (Å²) >= 11 is 0. The molecule has 1 unspecified atom stereocenters. The Balaban J connectivity index is 2.29. The summed E-state index contributed by atoms with van der Waals surface area (Å²) in [6, 6.07) is 4.68. The van der Waals surface area contributed by atoms with Crippen LogP contribution in [0.3, 0.4) is 0 Å². The molecule has 0 bridgehead atoms. The molecule has 6 nitrogen and oxygen atoms in total. The van der Waals surface area contributed by atoms with Crippen LogP contribution in [0.25, 0.3) is 0 Å². The van der Waals surface area contributed by atoms with Crippen LogP contribution in [0.15, 0.2) is 23.1 Å². The van der Waals surface area contributed by atoms with Crippen LogP contribution in [-0.4, -0.2) is 44.9 Å². The minimum Gasteiger partial charge on any atom is -0.338 e. The number of benzene rings is 1. The number of sulfonamides is 1. The average molecular weight is 353 g/mol. The molecule has 24 heavy (non-hydrogen) atoms. The molecule has 1 aliphatic carbocycles. The number of nitrogens with zero attached hydrogens (tertiary/aromatic N) is 1. The number of hydrogen-bond acceptors (Lipinski definition) is 4. The summed E-state index contributed by atoms with van der Waals surface area (Å²) in [6.45, 7) is 3.94. The fraction of sp³-hybridized carbons (Fsp3) is 0.588. The van der Waals surface area contributed by atoms with E-state index in [2.05, 4.69) is 4.72 Å². The van der Waals surface area contributed by atoms with Crippen molar-refractivity contribution in [2.24, 2.45) is 5.73 Å². The maximum absolute atomic E-state index is 12.7. The normalized spacial score (nSPS) is 17.0. The van der Waals surface area contributed by atoms with Gasteiger partial charge in [0.25, 0.3) is 5.91 Å². The molecule has 1 aromatic rings. The Kier molecular flexibility index (Phi) is 6.01. The largest absolute Gasteiger partial charge is 0.338 e. The van der Waals surface area contributed by atoms with Crippen LogP contribution in [0.2, 0.25) is 0 Å². The summed E-state index contributed by atoms with van der Waals surface area (Å²) in [6.07, 6.45) is 3.83. The number of aryl methyl sites for hydroxylation is 1. The number of nitrogens with two attached hydrogens (primary N) is 1. The van der Waals surface area contributed by atoms with E-state index in [4.69, 9.17) is 5.73 Å². The third-order valence-corrected chi connectivity index (χ3v) is 6.39. The highest BCUT2D eigenvalue weighted by molar-refractivity contribution is 7.89. The second-order valence-corrected chi connectivity index (χ2v) is 8.27. The van der Waals surface area contributed by atoms with Crippen LogP contribution in [-0.2, 0) is 10.0 Å². The second-order valence-electron chi connectivity index (χ2n) is 6.58. The van der Waals surface area contributed by atoms with E-state index in [-0.39, 0.29) is 22.9 Å². The highest BCUT2D eigenvalue weighted by Crippen LogP contribution is 2.23. The molecule has 7 heteroatoms. The van der Waals surface area contributed by atoms with Crippen LogP contribution in [0.1, 0.15) is 48.5 Å². The van der Waals surface area contributed by atoms with Gasteiger partial charge in [-0.05, 0) is 44.4 Å². The Morgan fingerprint density at radius 3 is 2.58 bits per heavy atom. The zero-order valence-corrected chi connectivity index (χ0v) is 15.4. The first kappa shape index (κ1) is 18.9. The first-order chi connectivity index (χ1) is 11.3. The van der Waals surface area contributed by atoms with Crippen molar-refractivity contribution in [1.29, 1.82) is 0 Å². The van der Waals surface area contributed by atoms with Crippen LogP contribution in [0.4, 0.5) is 0 Å². The number of rotatable bonds is 6. The highest BCUT2D eigenvalue weighted by atomic mass is 32.2. The number of carbonyl (C=O) groups excluding carboxylic acids is 1. The lowest BCUT2D eigenvalue weighted by Gasteiger charge is -2.24. The summed E-state index contributed by atoms with van der Waals surface area (Å²) < 4.78 is 28.1.